The summed E-state index contributed by atoms with van der Waals surface area (Å²) in [6.07, 6.45) is 1.69. The van der Waals surface area contributed by atoms with E-state index in [9.17, 15) is 4.79 Å². The maximum Gasteiger partial charge on any atom is 0.266 e. The van der Waals surface area contributed by atoms with Crippen molar-refractivity contribution < 1.29 is 4.79 Å². The third-order valence-electron chi connectivity index (χ3n) is 2.63. The highest BCUT2D eigenvalue weighted by Gasteiger charge is 2.19. The van der Waals surface area contributed by atoms with Crippen LogP contribution in [0.15, 0.2) is 35.3 Å². The lowest BCUT2D eigenvalue weighted by molar-refractivity contribution is 0.0816. The van der Waals surface area contributed by atoms with Crippen LogP contribution in [0.4, 0.5) is 5.69 Å². The lowest BCUT2D eigenvalue weighted by Gasteiger charge is -2.13. The van der Waals surface area contributed by atoms with Gasteiger partial charge in [-0.25, -0.2) is 0 Å². The fourth-order valence-corrected chi connectivity index (χ4v) is 3.37. The number of fused-ring (bicyclic) bond motifs is 1. The molecule has 0 fully saturated rings. The fraction of sp³-hybridized carbons (Fsp3) is 0.154. The van der Waals surface area contributed by atoms with Crippen LogP contribution < -0.4 is 5.73 Å². The second-order valence-electron chi connectivity index (χ2n) is 3.96. The number of hydrogen-bond acceptors (Lipinski definition) is 3. The highest BCUT2D eigenvalue weighted by Crippen LogP contribution is 2.35. The van der Waals surface area contributed by atoms with E-state index in [1.54, 1.807) is 18.0 Å². The summed E-state index contributed by atoms with van der Waals surface area (Å²) in [7, 11) is 1.74. The van der Waals surface area contributed by atoms with E-state index in [4.69, 9.17) is 5.73 Å². The van der Waals surface area contributed by atoms with Gasteiger partial charge in [0.1, 0.15) is 4.88 Å². The SMILES string of the molecule is C=CCN(C)C(=O)c1sc2cc(Br)ccc2c1N. The van der Waals surface area contributed by atoms with Crippen LogP contribution in [0.3, 0.4) is 0 Å². The smallest absolute Gasteiger partial charge is 0.266 e. The van der Waals surface area contributed by atoms with Crippen LogP contribution in [-0.4, -0.2) is 24.4 Å². The molecule has 1 heterocycles. The highest BCUT2D eigenvalue weighted by atomic mass is 79.9. The average molecular weight is 325 g/mol. The van der Waals surface area contributed by atoms with Crippen LogP contribution in [0, 0.1) is 0 Å². The summed E-state index contributed by atoms with van der Waals surface area (Å²) in [6, 6.07) is 5.82. The molecule has 0 saturated carbocycles. The Kier molecular flexibility index (Phi) is 3.73. The van der Waals surface area contributed by atoms with Crippen molar-refractivity contribution in [3.63, 3.8) is 0 Å². The second kappa shape index (κ2) is 5.12. The number of anilines is 1. The topological polar surface area (TPSA) is 46.3 Å². The van der Waals surface area contributed by atoms with Gasteiger partial charge in [0, 0.05) is 28.2 Å². The van der Waals surface area contributed by atoms with Crippen LogP contribution in [0.1, 0.15) is 9.67 Å². The van der Waals surface area contributed by atoms with E-state index in [1.807, 2.05) is 18.2 Å². The Balaban J connectivity index is 2.48. The van der Waals surface area contributed by atoms with Crippen molar-refractivity contribution in [2.75, 3.05) is 19.3 Å². The van der Waals surface area contributed by atoms with Crippen LogP contribution in [-0.2, 0) is 0 Å². The van der Waals surface area contributed by atoms with E-state index in [-0.39, 0.29) is 5.91 Å². The Hall–Kier alpha value is -1.33. The first-order valence-corrected chi connectivity index (χ1v) is 6.99. The number of carbonyl (C=O) groups excluding carboxylic acids is 1. The summed E-state index contributed by atoms with van der Waals surface area (Å²) in [5.41, 5.74) is 6.60. The molecule has 5 heteroatoms. The molecule has 94 valence electrons. The molecule has 1 aromatic carbocycles. The number of amides is 1. The molecule has 0 aliphatic rings. The van der Waals surface area contributed by atoms with Gasteiger partial charge in [0.25, 0.3) is 5.91 Å². The number of hydrogen-bond donors (Lipinski definition) is 1. The van der Waals surface area contributed by atoms with Gasteiger partial charge in [0.2, 0.25) is 0 Å². The van der Waals surface area contributed by atoms with Gasteiger partial charge >= 0.3 is 0 Å². The number of nitrogen functional groups attached to an aromatic ring is 1. The molecule has 0 aliphatic heterocycles. The lowest BCUT2D eigenvalue weighted by Crippen LogP contribution is -2.26. The summed E-state index contributed by atoms with van der Waals surface area (Å²) in [4.78, 5) is 14.4. The first-order chi connectivity index (χ1) is 8.54. The van der Waals surface area contributed by atoms with E-state index in [2.05, 4.69) is 22.5 Å². The van der Waals surface area contributed by atoms with Gasteiger partial charge < -0.3 is 10.6 Å². The van der Waals surface area contributed by atoms with Gasteiger partial charge in [-0.2, -0.15) is 0 Å². The lowest BCUT2D eigenvalue weighted by atomic mass is 10.2. The largest absolute Gasteiger partial charge is 0.397 e. The zero-order chi connectivity index (χ0) is 13.3. The molecule has 18 heavy (non-hydrogen) atoms. The summed E-state index contributed by atoms with van der Waals surface area (Å²) >= 11 is 4.83. The minimum Gasteiger partial charge on any atom is -0.397 e. The molecule has 0 aliphatic carbocycles. The first-order valence-electron chi connectivity index (χ1n) is 5.38. The number of likely N-dealkylation sites (N-methyl/N-ethyl adjacent to an activating group) is 1. The van der Waals surface area contributed by atoms with Crippen molar-refractivity contribution >= 4 is 48.9 Å². The third-order valence-corrected chi connectivity index (χ3v) is 4.28. The molecule has 1 amide bonds. The van der Waals surface area contributed by atoms with E-state index >= 15 is 0 Å². The normalized spacial score (nSPS) is 10.6. The van der Waals surface area contributed by atoms with Crippen molar-refractivity contribution in [2.24, 2.45) is 0 Å². The summed E-state index contributed by atoms with van der Waals surface area (Å²) < 4.78 is 1.99. The maximum absolute atomic E-state index is 12.2. The molecule has 2 aromatic rings. The second-order valence-corrected chi connectivity index (χ2v) is 5.93. The van der Waals surface area contributed by atoms with Gasteiger partial charge in [-0.05, 0) is 12.1 Å². The summed E-state index contributed by atoms with van der Waals surface area (Å²) in [5, 5.41) is 0.929. The van der Waals surface area contributed by atoms with Crippen molar-refractivity contribution in [1.82, 2.24) is 4.90 Å². The molecule has 0 unspecified atom stereocenters. The minimum atomic E-state index is -0.0651. The number of nitrogens with two attached hydrogens (primary N) is 1. The van der Waals surface area contributed by atoms with Crippen LogP contribution in [0.5, 0.6) is 0 Å². The molecule has 0 spiro atoms. The van der Waals surface area contributed by atoms with Crippen molar-refractivity contribution in [3.05, 3.63) is 40.2 Å². The van der Waals surface area contributed by atoms with Gasteiger partial charge in [0.05, 0.1) is 5.69 Å². The standard InChI is InChI=1S/C13H13BrN2OS/c1-3-6-16(2)13(17)12-11(15)9-5-4-8(14)7-10(9)18-12/h3-5,7H,1,6,15H2,2H3. The Morgan fingerprint density at radius 3 is 3.00 bits per heavy atom. The highest BCUT2D eigenvalue weighted by molar-refractivity contribution is 9.10. The monoisotopic (exact) mass is 324 g/mol. The third kappa shape index (κ3) is 2.28. The Morgan fingerprint density at radius 2 is 2.33 bits per heavy atom. The van der Waals surface area contributed by atoms with Crippen molar-refractivity contribution in [2.45, 2.75) is 0 Å². The molecule has 0 radical (unpaired) electrons. The average Bonchev–Trinajstić information content (AvgIpc) is 2.65. The van der Waals surface area contributed by atoms with Crippen LogP contribution >= 0.6 is 27.3 Å². The molecule has 0 bridgehead atoms. The van der Waals surface area contributed by atoms with Crippen molar-refractivity contribution in [1.29, 1.82) is 0 Å². The van der Waals surface area contributed by atoms with Gasteiger partial charge in [-0.3, -0.25) is 4.79 Å². The molecule has 2 rings (SSSR count). The molecule has 2 N–H and O–H groups in total. The zero-order valence-electron chi connectivity index (χ0n) is 9.94. The van der Waals surface area contributed by atoms with Gasteiger partial charge in [0.15, 0.2) is 0 Å². The molecular formula is C13H13BrN2OS. The summed E-state index contributed by atoms with van der Waals surface area (Å²) in [5.74, 6) is -0.0651. The van der Waals surface area contributed by atoms with Crippen LogP contribution in [0.25, 0.3) is 10.1 Å². The Labute approximate surface area is 118 Å². The van der Waals surface area contributed by atoms with E-state index < -0.39 is 0 Å². The van der Waals surface area contributed by atoms with Gasteiger partial charge in [-0.1, -0.05) is 28.1 Å². The van der Waals surface area contributed by atoms with E-state index in [1.165, 1.54) is 11.3 Å². The zero-order valence-corrected chi connectivity index (χ0v) is 12.3. The Bertz CT molecular complexity index is 621. The minimum absolute atomic E-state index is 0.0651. The molecule has 0 atom stereocenters. The molecule has 0 saturated heterocycles. The predicted octanol–water partition coefficient (Wildman–Crippen LogP) is 3.50. The van der Waals surface area contributed by atoms with Gasteiger partial charge in [-0.15, -0.1) is 17.9 Å². The molecule has 1 aromatic heterocycles. The fourth-order valence-electron chi connectivity index (χ4n) is 1.70. The van der Waals surface area contributed by atoms with Crippen molar-refractivity contribution in [3.8, 4) is 0 Å². The van der Waals surface area contributed by atoms with E-state index in [0.717, 1.165) is 14.6 Å². The van der Waals surface area contributed by atoms with Crippen LogP contribution in [0.2, 0.25) is 0 Å². The number of rotatable bonds is 3. The quantitative estimate of drug-likeness (QED) is 0.878. The number of carbonyl (C=O) groups is 1. The number of benzene rings is 1. The number of thiophene rings is 1. The molecular weight excluding hydrogens is 312 g/mol. The predicted molar refractivity (Wildman–Crippen MR) is 81.1 cm³/mol. The first kappa shape index (κ1) is 13.1. The number of nitrogens with zero attached hydrogens (tertiary/aromatic N) is 1. The molecule has 3 nitrogen and oxygen atoms in total. The van der Waals surface area contributed by atoms with E-state index in [0.29, 0.717) is 17.1 Å². The number of halogens is 1. The maximum atomic E-state index is 12.2. The Morgan fingerprint density at radius 1 is 1.61 bits per heavy atom. The summed E-state index contributed by atoms with van der Waals surface area (Å²) in [6.45, 7) is 4.14.